The van der Waals surface area contributed by atoms with Gasteiger partial charge in [0, 0.05) is 17.9 Å². The van der Waals surface area contributed by atoms with E-state index in [2.05, 4.69) is 30.5 Å². The standard InChI is InChI=1S/C21H37NO3/c1-7-19(24)21(5,6)20(25)18(4)14-17(3)11-8-10-16(2)12-9-13-22-15-23/h8,10,12,15,17-19,24H,7,9,11,13-14H2,1-6H3,(H,22,23)/b10-8+,16-12-. The van der Waals surface area contributed by atoms with Crippen molar-refractivity contribution in [3.8, 4) is 0 Å². The number of ketones is 1. The maximum Gasteiger partial charge on any atom is 0.207 e. The van der Waals surface area contributed by atoms with Crippen LogP contribution in [0.2, 0.25) is 0 Å². The fraction of sp³-hybridized carbons (Fsp3) is 0.714. The van der Waals surface area contributed by atoms with Gasteiger partial charge in [-0.3, -0.25) is 9.59 Å². The Bertz CT molecular complexity index is 466. The zero-order valence-corrected chi connectivity index (χ0v) is 16.8. The predicted molar refractivity (Wildman–Crippen MR) is 104 cm³/mol. The van der Waals surface area contributed by atoms with Crippen LogP contribution in [-0.2, 0) is 9.59 Å². The third kappa shape index (κ3) is 9.01. The minimum atomic E-state index is -0.682. The van der Waals surface area contributed by atoms with Gasteiger partial charge in [-0.2, -0.15) is 0 Å². The fourth-order valence-corrected chi connectivity index (χ4v) is 3.11. The van der Waals surface area contributed by atoms with Gasteiger partial charge >= 0.3 is 0 Å². The summed E-state index contributed by atoms with van der Waals surface area (Å²) in [6, 6.07) is 0. The third-order valence-corrected chi connectivity index (χ3v) is 4.82. The van der Waals surface area contributed by atoms with Gasteiger partial charge < -0.3 is 10.4 Å². The van der Waals surface area contributed by atoms with Crippen LogP contribution < -0.4 is 5.32 Å². The molecule has 144 valence electrons. The first-order valence-corrected chi connectivity index (χ1v) is 9.39. The first-order valence-electron chi connectivity index (χ1n) is 9.39. The van der Waals surface area contributed by atoms with Crippen molar-refractivity contribution in [3.05, 3.63) is 23.8 Å². The maximum atomic E-state index is 12.6. The van der Waals surface area contributed by atoms with E-state index in [0.29, 0.717) is 25.3 Å². The second kappa shape index (κ2) is 12.0. The van der Waals surface area contributed by atoms with Gasteiger partial charge in [-0.25, -0.2) is 0 Å². The number of allylic oxidation sites excluding steroid dienone is 3. The van der Waals surface area contributed by atoms with Gasteiger partial charge in [0.2, 0.25) is 6.41 Å². The Morgan fingerprint density at radius 2 is 1.92 bits per heavy atom. The molecular weight excluding hydrogens is 314 g/mol. The number of nitrogens with one attached hydrogen (secondary N) is 1. The summed E-state index contributed by atoms with van der Waals surface area (Å²) >= 11 is 0. The van der Waals surface area contributed by atoms with Crippen molar-refractivity contribution >= 4 is 12.2 Å². The lowest BCUT2D eigenvalue weighted by Gasteiger charge is -2.31. The fourth-order valence-electron chi connectivity index (χ4n) is 3.11. The molecule has 0 aromatic heterocycles. The number of amides is 1. The van der Waals surface area contributed by atoms with E-state index in [0.717, 1.165) is 19.3 Å². The molecule has 0 radical (unpaired) electrons. The molecule has 0 aliphatic heterocycles. The van der Waals surface area contributed by atoms with E-state index < -0.39 is 11.5 Å². The number of carbonyl (C=O) groups is 2. The Labute approximate surface area is 153 Å². The van der Waals surface area contributed by atoms with Crippen LogP contribution in [0.25, 0.3) is 0 Å². The Balaban J connectivity index is 4.41. The molecule has 0 aliphatic carbocycles. The zero-order chi connectivity index (χ0) is 19.5. The van der Waals surface area contributed by atoms with E-state index in [1.165, 1.54) is 5.57 Å². The lowest BCUT2D eigenvalue weighted by Crippen LogP contribution is -2.40. The molecule has 4 nitrogen and oxygen atoms in total. The second-order valence-electron chi connectivity index (χ2n) is 7.70. The molecule has 0 aromatic carbocycles. The van der Waals surface area contributed by atoms with Gasteiger partial charge in [-0.05, 0) is 38.5 Å². The van der Waals surface area contributed by atoms with Crippen LogP contribution in [0.5, 0.6) is 0 Å². The number of hydrogen-bond donors (Lipinski definition) is 2. The normalized spacial score (nSPS) is 16.5. The van der Waals surface area contributed by atoms with E-state index >= 15 is 0 Å². The van der Waals surface area contributed by atoms with Crippen LogP contribution >= 0.6 is 0 Å². The van der Waals surface area contributed by atoms with Crippen LogP contribution in [-0.4, -0.2) is 29.9 Å². The van der Waals surface area contributed by atoms with Crippen molar-refractivity contribution in [2.75, 3.05) is 6.54 Å². The molecule has 2 N–H and O–H groups in total. The first-order chi connectivity index (χ1) is 11.7. The smallest absolute Gasteiger partial charge is 0.207 e. The van der Waals surface area contributed by atoms with E-state index in [9.17, 15) is 14.7 Å². The minimum Gasteiger partial charge on any atom is -0.392 e. The molecule has 0 rings (SSSR count). The second-order valence-corrected chi connectivity index (χ2v) is 7.70. The summed E-state index contributed by atoms with van der Waals surface area (Å²) in [4.78, 5) is 22.8. The van der Waals surface area contributed by atoms with Gasteiger partial charge in [0.25, 0.3) is 0 Å². The van der Waals surface area contributed by atoms with Gasteiger partial charge in [0.1, 0.15) is 5.78 Å². The summed E-state index contributed by atoms with van der Waals surface area (Å²) in [7, 11) is 0. The molecule has 0 spiro atoms. The van der Waals surface area contributed by atoms with Crippen LogP contribution in [0.3, 0.4) is 0 Å². The van der Waals surface area contributed by atoms with E-state index in [-0.39, 0.29) is 11.7 Å². The molecule has 0 aromatic rings. The maximum absolute atomic E-state index is 12.6. The van der Waals surface area contributed by atoms with E-state index in [1.807, 2.05) is 34.6 Å². The highest BCUT2D eigenvalue weighted by atomic mass is 16.3. The molecule has 0 aliphatic rings. The molecule has 3 unspecified atom stereocenters. The number of aliphatic hydroxyl groups is 1. The van der Waals surface area contributed by atoms with E-state index in [1.54, 1.807) is 0 Å². The largest absolute Gasteiger partial charge is 0.392 e. The van der Waals surface area contributed by atoms with Crippen molar-refractivity contribution in [3.63, 3.8) is 0 Å². The SMILES string of the molecule is CCC(O)C(C)(C)C(=O)C(C)CC(C)C/C=C/C(C)=C\CCNC=O. The average molecular weight is 352 g/mol. The molecule has 0 fully saturated rings. The molecule has 25 heavy (non-hydrogen) atoms. The number of rotatable bonds is 13. The molecule has 3 atom stereocenters. The summed E-state index contributed by atoms with van der Waals surface area (Å²) in [5, 5.41) is 12.7. The number of carbonyl (C=O) groups excluding carboxylic acids is 2. The summed E-state index contributed by atoms with van der Waals surface area (Å²) in [5.74, 6) is 0.511. The van der Waals surface area contributed by atoms with Crippen LogP contribution in [0, 0.1) is 17.3 Å². The quantitative estimate of drug-likeness (QED) is 0.299. The van der Waals surface area contributed by atoms with Gasteiger partial charge in [-0.1, -0.05) is 58.4 Å². The van der Waals surface area contributed by atoms with Gasteiger partial charge in [0.15, 0.2) is 0 Å². The highest BCUT2D eigenvalue weighted by Crippen LogP contribution is 2.30. The molecule has 0 heterocycles. The summed E-state index contributed by atoms with van der Waals surface area (Å²) < 4.78 is 0. The number of aliphatic hydroxyl groups excluding tert-OH is 1. The summed E-state index contributed by atoms with van der Waals surface area (Å²) in [6.07, 6.45) is 9.63. The average Bonchev–Trinajstić information content (AvgIpc) is 2.56. The minimum absolute atomic E-state index is 0.0503. The van der Waals surface area contributed by atoms with Gasteiger partial charge in [-0.15, -0.1) is 0 Å². The van der Waals surface area contributed by atoms with Crippen molar-refractivity contribution in [1.82, 2.24) is 5.32 Å². The highest BCUT2D eigenvalue weighted by molar-refractivity contribution is 5.86. The van der Waals surface area contributed by atoms with Crippen molar-refractivity contribution in [2.45, 2.75) is 73.3 Å². The molecule has 0 bridgehead atoms. The number of Topliss-reactive ketones (excluding diaryl/α,β-unsaturated/α-hetero) is 1. The summed E-state index contributed by atoms with van der Waals surface area (Å²) in [6.45, 7) is 12.4. The Morgan fingerprint density at radius 3 is 2.48 bits per heavy atom. The first kappa shape index (κ1) is 23.6. The van der Waals surface area contributed by atoms with Crippen LogP contribution in [0.4, 0.5) is 0 Å². The Kier molecular flexibility index (Phi) is 11.3. The molecule has 0 saturated carbocycles. The predicted octanol–water partition coefficient (Wildman–Crippen LogP) is 4.04. The monoisotopic (exact) mass is 351 g/mol. The van der Waals surface area contributed by atoms with Crippen LogP contribution in [0.1, 0.15) is 67.2 Å². The lowest BCUT2D eigenvalue weighted by molar-refractivity contribution is -0.137. The van der Waals surface area contributed by atoms with Crippen molar-refractivity contribution in [1.29, 1.82) is 0 Å². The highest BCUT2D eigenvalue weighted by Gasteiger charge is 2.37. The summed E-state index contributed by atoms with van der Waals surface area (Å²) in [5.41, 5.74) is 0.495. The zero-order valence-electron chi connectivity index (χ0n) is 16.8. The van der Waals surface area contributed by atoms with Crippen LogP contribution in [0.15, 0.2) is 23.8 Å². The Hall–Kier alpha value is -1.42. The third-order valence-electron chi connectivity index (χ3n) is 4.82. The molecular formula is C21H37NO3. The molecule has 0 saturated heterocycles. The molecule has 4 heteroatoms. The van der Waals surface area contributed by atoms with E-state index in [4.69, 9.17) is 0 Å². The Morgan fingerprint density at radius 1 is 1.28 bits per heavy atom. The topological polar surface area (TPSA) is 66.4 Å². The number of hydrogen-bond acceptors (Lipinski definition) is 3. The van der Waals surface area contributed by atoms with Gasteiger partial charge in [0.05, 0.1) is 6.10 Å². The van der Waals surface area contributed by atoms with Crippen molar-refractivity contribution in [2.24, 2.45) is 17.3 Å². The van der Waals surface area contributed by atoms with Crippen molar-refractivity contribution < 1.29 is 14.7 Å². The lowest BCUT2D eigenvalue weighted by atomic mass is 9.74. The molecule has 1 amide bonds.